The molecule has 0 N–H and O–H groups in total. The zero-order valence-electron chi connectivity index (χ0n) is 10.8. The van der Waals surface area contributed by atoms with Crippen LogP contribution in [0.1, 0.15) is 19.8 Å². The van der Waals surface area contributed by atoms with Gasteiger partial charge in [0.2, 0.25) is 5.91 Å². The van der Waals surface area contributed by atoms with Gasteiger partial charge in [-0.05, 0) is 13.3 Å². The van der Waals surface area contributed by atoms with E-state index in [0.29, 0.717) is 17.0 Å². The molecule has 2 atom stereocenters. The minimum atomic E-state index is -0.396. The Hall–Kier alpha value is -1.08. The molecule has 2 fully saturated rings. The number of carbonyl (C=O) groups excluding carboxylic acids is 2. The van der Waals surface area contributed by atoms with Crippen molar-refractivity contribution < 1.29 is 9.59 Å². The zero-order chi connectivity index (χ0) is 13.6. The predicted molar refractivity (Wildman–Crippen MR) is 74.6 cm³/mol. The zero-order valence-corrected chi connectivity index (χ0v) is 12.5. The highest BCUT2D eigenvalue weighted by atomic mass is 32.2. The van der Waals surface area contributed by atoms with Gasteiger partial charge in [0.05, 0.1) is 4.87 Å². The van der Waals surface area contributed by atoms with Gasteiger partial charge in [0.15, 0.2) is 4.80 Å². The third kappa shape index (κ3) is 2.04. The molecule has 0 bridgehead atoms. The molecule has 2 aliphatic heterocycles. The number of thiazole rings is 1. The van der Waals surface area contributed by atoms with Gasteiger partial charge < -0.3 is 9.47 Å². The van der Waals surface area contributed by atoms with E-state index in [4.69, 9.17) is 0 Å². The van der Waals surface area contributed by atoms with Crippen LogP contribution in [0.25, 0.3) is 0 Å². The maximum atomic E-state index is 12.3. The fourth-order valence-corrected chi connectivity index (χ4v) is 4.76. The Morgan fingerprint density at radius 3 is 3.05 bits per heavy atom. The SMILES string of the molecule is Cn1ccsc1=NC(=O)[C@@H]1CS[C@]2(C)CCC(=O)N12. The van der Waals surface area contributed by atoms with Crippen molar-refractivity contribution in [3.05, 3.63) is 16.4 Å². The molecule has 0 aromatic carbocycles. The maximum Gasteiger partial charge on any atom is 0.272 e. The van der Waals surface area contributed by atoms with E-state index in [1.54, 1.807) is 16.7 Å². The number of amides is 2. The van der Waals surface area contributed by atoms with E-state index in [2.05, 4.69) is 4.99 Å². The summed E-state index contributed by atoms with van der Waals surface area (Å²) in [6.45, 7) is 2.04. The fourth-order valence-electron chi connectivity index (χ4n) is 2.61. The number of hydrogen-bond acceptors (Lipinski definition) is 4. The van der Waals surface area contributed by atoms with Gasteiger partial charge in [-0.2, -0.15) is 4.99 Å². The summed E-state index contributed by atoms with van der Waals surface area (Å²) < 4.78 is 1.82. The molecule has 1 aromatic heterocycles. The van der Waals surface area contributed by atoms with Gasteiger partial charge in [-0.3, -0.25) is 9.59 Å². The molecule has 0 radical (unpaired) electrons. The highest BCUT2D eigenvalue weighted by Crippen LogP contribution is 2.47. The van der Waals surface area contributed by atoms with Crippen LogP contribution in [-0.4, -0.2) is 37.9 Å². The largest absolute Gasteiger partial charge is 0.327 e. The van der Waals surface area contributed by atoms with Crippen LogP contribution < -0.4 is 4.80 Å². The number of hydrogen-bond donors (Lipinski definition) is 0. The van der Waals surface area contributed by atoms with Crippen LogP contribution in [-0.2, 0) is 16.6 Å². The summed E-state index contributed by atoms with van der Waals surface area (Å²) >= 11 is 3.12. The Morgan fingerprint density at radius 1 is 1.58 bits per heavy atom. The lowest BCUT2D eigenvalue weighted by atomic mass is 10.2. The summed E-state index contributed by atoms with van der Waals surface area (Å²) in [4.78, 5) is 30.7. The highest BCUT2D eigenvalue weighted by molar-refractivity contribution is 8.01. The van der Waals surface area contributed by atoms with Gasteiger partial charge in [-0.1, -0.05) is 0 Å². The average Bonchev–Trinajstić information content (AvgIpc) is 2.98. The molecule has 5 nitrogen and oxygen atoms in total. The quantitative estimate of drug-likeness (QED) is 0.776. The summed E-state index contributed by atoms with van der Waals surface area (Å²) in [6, 6.07) is -0.396. The first-order chi connectivity index (χ1) is 9.01. The second-order valence-electron chi connectivity index (χ2n) is 5.01. The van der Waals surface area contributed by atoms with E-state index < -0.39 is 6.04 Å². The first-order valence-electron chi connectivity index (χ1n) is 6.16. The molecule has 2 amide bonds. The van der Waals surface area contributed by atoms with Gasteiger partial charge in [-0.25, -0.2) is 0 Å². The molecule has 0 aliphatic carbocycles. The van der Waals surface area contributed by atoms with Crippen LogP contribution >= 0.6 is 23.1 Å². The smallest absolute Gasteiger partial charge is 0.272 e. The molecular weight excluding hydrogens is 282 g/mol. The Morgan fingerprint density at radius 2 is 2.37 bits per heavy atom. The number of carbonyl (C=O) groups is 2. The molecule has 0 saturated carbocycles. The maximum absolute atomic E-state index is 12.3. The van der Waals surface area contributed by atoms with Crippen molar-refractivity contribution in [3.8, 4) is 0 Å². The molecule has 3 rings (SSSR count). The Balaban J connectivity index is 1.90. The van der Waals surface area contributed by atoms with E-state index in [0.717, 1.165) is 6.42 Å². The summed E-state index contributed by atoms with van der Waals surface area (Å²) in [5.41, 5.74) is 0. The van der Waals surface area contributed by atoms with Gasteiger partial charge in [-0.15, -0.1) is 23.1 Å². The first-order valence-corrected chi connectivity index (χ1v) is 8.03. The fraction of sp³-hybridized carbons (Fsp3) is 0.583. The number of fused-ring (bicyclic) bond motifs is 1. The van der Waals surface area contributed by atoms with E-state index in [1.165, 1.54) is 11.3 Å². The van der Waals surface area contributed by atoms with Crippen molar-refractivity contribution in [2.75, 3.05) is 5.75 Å². The monoisotopic (exact) mass is 297 g/mol. The number of thioether (sulfide) groups is 1. The van der Waals surface area contributed by atoms with Gasteiger partial charge >= 0.3 is 0 Å². The average molecular weight is 297 g/mol. The number of aryl methyl sites for hydroxylation is 1. The normalized spacial score (nSPS) is 31.1. The van der Waals surface area contributed by atoms with E-state index in [1.807, 2.05) is 30.1 Å². The lowest BCUT2D eigenvalue weighted by Crippen LogP contribution is -2.46. The van der Waals surface area contributed by atoms with Crippen molar-refractivity contribution in [1.29, 1.82) is 0 Å². The molecule has 0 unspecified atom stereocenters. The molecule has 2 aliphatic rings. The van der Waals surface area contributed by atoms with Crippen LogP contribution in [0.15, 0.2) is 16.6 Å². The van der Waals surface area contributed by atoms with E-state index in [9.17, 15) is 9.59 Å². The molecule has 19 heavy (non-hydrogen) atoms. The van der Waals surface area contributed by atoms with Crippen LogP contribution in [0, 0.1) is 0 Å². The number of rotatable bonds is 1. The first kappa shape index (κ1) is 12.9. The van der Waals surface area contributed by atoms with Crippen molar-refractivity contribution in [3.63, 3.8) is 0 Å². The van der Waals surface area contributed by atoms with Crippen LogP contribution in [0.4, 0.5) is 0 Å². The standard InChI is InChI=1S/C12H15N3O2S2/c1-12-4-3-9(16)15(12)8(7-19-12)10(17)13-11-14(2)5-6-18-11/h5-6,8H,3-4,7H2,1-2H3/t8-,12+/m0/s1. The third-order valence-corrected chi connectivity index (χ3v) is 6.05. The second kappa shape index (κ2) is 4.49. The van der Waals surface area contributed by atoms with Gasteiger partial charge in [0, 0.05) is 30.8 Å². The second-order valence-corrected chi connectivity index (χ2v) is 7.39. The van der Waals surface area contributed by atoms with Crippen molar-refractivity contribution in [2.45, 2.75) is 30.7 Å². The highest BCUT2D eigenvalue weighted by Gasteiger charge is 2.52. The molecule has 7 heteroatoms. The van der Waals surface area contributed by atoms with E-state index in [-0.39, 0.29) is 16.7 Å². The van der Waals surface area contributed by atoms with Crippen LogP contribution in [0.5, 0.6) is 0 Å². The number of nitrogens with zero attached hydrogens (tertiary/aromatic N) is 3. The molecule has 2 saturated heterocycles. The summed E-state index contributed by atoms with van der Waals surface area (Å²) in [5.74, 6) is 0.528. The Bertz CT molecular complexity index is 606. The van der Waals surface area contributed by atoms with Crippen molar-refractivity contribution in [1.82, 2.24) is 9.47 Å². The summed E-state index contributed by atoms with van der Waals surface area (Å²) in [6.07, 6.45) is 3.23. The molecule has 3 heterocycles. The minimum absolute atomic E-state index is 0.0802. The Labute approximate surface area is 119 Å². The topological polar surface area (TPSA) is 54.7 Å². The molecule has 1 aromatic rings. The third-order valence-electron chi connectivity index (χ3n) is 3.70. The number of aromatic nitrogens is 1. The van der Waals surface area contributed by atoms with Gasteiger partial charge in [0.1, 0.15) is 6.04 Å². The van der Waals surface area contributed by atoms with E-state index >= 15 is 0 Å². The van der Waals surface area contributed by atoms with Crippen molar-refractivity contribution in [2.24, 2.45) is 12.0 Å². The minimum Gasteiger partial charge on any atom is -0.327 e. The summed E-state index contributed by atoms with van der Waals surface area (Å²) in [5, 5.41) is 1.89. The predicted octanol–water partition coefficient (Wildman–Crippen LogP) is 0.968. The summed E-state index contributed by atoms with van der Waals surface area (Å²) in [7, 11) is 1.86. The molecule has 102 valence electrons. The van der Waals surface area contributed by atoms with Crippen LogP contribution in [0.2, 0.25) is 0 Å². The Kier molecular flexibility index (Phi) is 3.05. The molecular formula is C12H15N3O2S2. The van der Waals surface area contributed by atoms with Crippen molar-refractivity contribution >= 4 is 34.9 Å². The van der Waals surface area contributed by atoms with Crippen LogP contribution in [0.3, 0.4) is 0 Å². The van der Waals surface area contributed by atoms with Gasteiger partial charge in [0.25, 0.3) is 5.91 Å². The molecule has 0 spiro atoms. The lowest BCUT2D eigenvalue weighted by Gasteiger charge is -2.28. The lowest BCUT2D eigenvalue weighted by molar-refractivity contribution is -0.136.